The van der Waals surface area contributed by atoms with Crippen molar-refractivity contribution in [2.75, 3.05) is 0 Å². The van der Waals surface area contributed by atoms with Crippen molar-refractivity contribution in [3.8, 4) is 0 Å². The lowest BCUT2D eigenvalue weighted by molar-refractivity contribution is 0.663. The number of hydrogen-bond acceptors (Lipinski definition) is 3. The highest BCUT2D eigenvalue weighted by molar-refractivity contribution is 9.10. The van der Waals surface area contributed by atoms with E-state index in [2.05, 4.69) is 31.2 Å². The molecule has 0 N–H and O–H groups in total. The molecule has 5 heteroatoms. The van der Waals surface area contributed by atoms with Crippen LogP contribution in [0, 0.1) is 0 Å². The van der Waals surface area contributed by atoms with Gasteiger partial charge in [-0.3, -0.25) is 4.68 Å². The molecule has 0 aliphatic rings. The first-order chi connectivity index (χ1) is 6.34. The van der Waals surface area contributed by atoms with Crippen LogP contribution >= 0.6 is 15.9 Å². The van der Waals surface area contributed by atoms with Crippen LogP contribution in [-0.4, -0.2) is 20.0 Å². The average molecular weight is 239 g/mol. The minimum atomic E-state index is 0.652. The normalized spacial score (nSPS) is 10.2. The summed E-state index contributed by atoms with van der Waals surface area (Å²) in [6.45, 7) is 0.652. The number of rotatable bonds is 2. The van der Waals surface area contributed by atoms with Crippen molar-refractivity contribution in [3.05, 3.63) is 40.9 Å². The third kappa shape index (κ3) is 2.12. The SMILES string of the molecule is Brc1cnn(Cc2cccnn2)c1. The van der Waals surface area contributed by atoms with E-state index < -0.39 is 0 Å². The molecule has 0 atom stereocenters. The molecule has 0 saturated carbocycles. The van der Waals surface area contributed by atoms with Gasteiger partial charge in [0.25, 0.3) is 0 Å². The largest absolute Gasteiger partial charge is 0.266 e. The van der Waals surface area contributed by atoms with E-state index in [0.717, 1.165) is 10.2 Å². The van der Waals surface area contributed by atoms with Crippen LogP contribution in [0.15, 0.2) is 35.2 Å². The van der Waals surface area contributed by atoms with Gasteiger partial charge in [-0.15, -0.1) is 0 Å². The molecule has 2 heterocycles. The summed E-state index contributed by atoms with van der Waals surface area (Å²) in [5.41, 5.74) is 0.901. The fourth-order valence-corrected chi connectivity index (χ4v) is 1.34. The van der Waals surface area contributed by atoms with Crippen molar-refractivity contribution >= 4 is 15.9 Å². The van der Waals surface area contributed by atoms with Gasteiger partial charge in [-0.2, -0.15) is 15.3 Å². The number of aromatic nitrogens is 4. The molecule has 2 aromatic heterocycles. The zero-order valence-electron chi connectivity index (χ0n) is 6.76. The van der Waals surface area contributed by atoms with Crippen molar-refractivity contribution in [2.24, 2.45) is 0 Å². The minimum absolute atomic E-state index is 0.652. The summed E-state index contributed by atoms with van der Waals surface area (Å²) in [6, 6.07) is 3.78. The topological polar surface area (TPSA) is 43.6 Å². The first-order valence-corrected chi connectivity index (χ1v) is 4.58. The predicted molar refractivity (Wildman–Crippen MR) is 51.1 cm³/mol. The molecule has 0 aliphatic carbocycles. The Kier molecular flexibility index (Phi) is 2.35. The smallest absolute Gasteiger partial charge is 0.0850 e. The molecule has 13 heavy (non-hydrogen) atoms. The van der Waals surface area contributed by atoms with E-state index in [1.54, 1.807) is 17.1 Å². The fourth-order valence-electron chi connectivity index (χ4n) is 1.01. The van der Waals surface area contributed by atoms with Gasteiger partial charge in [0.15, 0.2) is 0 Å². The summed E-state index contributed by atoms with van der Waals surface area (Å²) in [7, 11) is 0. The van der Waals surface area contributed by atoms with Gasteiger partial charge in [-0.05, 0) is 28.1 Å². The molecule has 0 aliphatic heterocycles. The Labute approximate surface area is 83.7 Å². The maximum atomic E-state index is 4.11. The van der Waals surface area contributed by atoms with E-state index in [1.165, 1.54) is 0 Å². The predicted octanol–water partition coefficient (Wildman–Crippen LogP) is 1.48. The summed E-state index contributed by atoms with van der Waals surface area (Å²) in [5.74, 6) is 0. The second kappa shape index (κ2) is 3.66. The van der Waals surface area contributed by atoms with E-state index in [0.29, 0.717) is 6.54 Å². The standard InChI is InChI=1S/C8H7BrN4/c9-7-4-11-13(5-7)6-8-2-1-3-10-12-8/h1-5H,6H2. The average Bonchev–Trinajstić information content (AvgIpc) is 2.53. The van der Waals surface area contributed by atoms with Crippen molar-refractivity contribution in [2.45, 2.75) is 6.54 Å². The van der Waals surface area contributed by atoms with Crippen molar-refractivity contribution in [1.29, 1.82) is 0 Å². The Morgan fingerprint density at radius 1 is 1.46 bits per heavy atom. The Morgan fingerprint density at radius 3 is 3.00 bits per heavy atom. The Hall–Kier alpha value is -1.23. The highest BCUT2D eigenvalue weighted by Crippen LogP contribution is 2.07. The zero-order valence-corrected chi connectivity index (χ0v) is 8.35. The molecule has 0 aromatic carbocycles. The molecule has 0 radical (unpaired) electrons. The van der Waals surface area contributed by atoms with E-state index >= 15 is 0 Å². The lowest BCUT2D eigenvalue weighted by atomic mass is 10.4. The Bertz CT molecular complexity index is 384. The maximum absolute atomic E-state index is 4.11. The lowest BCUT2D eigenvalue weighted by Gasteiger charge is -1.97. The minimum Gasteiger partial charge on any atom is -0.266 e. The molecule has 4 nitrogen and oxygen atoms in total. The van der Waals surface area contributed by atoms with Gasteiger partial charge >= 0.3 is 0 Å². The van der Waals surface area contributed by atoms with Crippen LogP contribution in [0.2, 0.25) is 0 Å². The van der Waals surface area contributed by atoms with Gasteiger partial charge in [0.1, 0.15) is 0 Å². The van der Waals surface area contributed by atoms with E-state index in [9.17, 15) is 0 Å². The van der Waals surface area contributed by atoms with Gasteiger partial charge in [-0.1, -0.05) is 0 Å². The molecule has 0 bridgehead atoms. The van der Waals surface area contributed by atoms with Crippen LogP contribution in [0.3, 0.4) is 0 Å². The van der Waals surface area contributed by atoms with Crippen molar-refractivity contribution in [3.63, 3.8) is 0 Å². The van der Waals surface area contributed by atoms with E-state index in [-0.39, 0.29) is 0 Å². The summed E-state index contributed by atoms with van der Waals surface area (Å²) < 4.78 is 2.77. The van der Waals surface area contributed by atoms with E-state index in [1.807, 2.05) is 18.3 Å². The van der Waals surface area contributed by atoms with Crippen molar-refractivity contribution < 1.29 is 0 Å². The number of hydrogen-bond donors (Lipinski definition) is 0. The first kappa shape index (κ1) is 8.37. The van der Waals surface area contributed by atoms with Gasteiger partial charge in [0.2, 0.25) is 0 Å². The van der Waals surface area contributed by atoms with Gasteiger partial charge in [0.05, 0.1) is 22.9 Å². The van der Waals surface area contributed by atoms with Crippen LogP contribution in [0.25, 0.3) is 0 Å². The summed E-state index contributed by atoms with van der Waals surface area (Å²) >= 11 is 3.33. The third-order valence-electron chi connectivity index (χ3n) is 1.55. The Morgan fingerprint density at radius 2 is 2.38 bits per heavy atom. The maximum Gasteiger partial charge on any atom is 0.0850 e. The highest BCUT2D eigenvalue weighted by Gasteiger charge is 1.97. The molecule has 0 fully saturated rings. The monoisotopic (exact) mass is 238 g/mol. The molecule has 2 aromatic rings. The van der Waals surface area contributed by atoms with Crippen LogP contribution in [0.1, 0.15) is 5.69 Å². The molecule has 0 amide bonds. The molecule has 66 valence electrons. The molecular formula is C8H7BrN4. The second-order valence-corrected chi connectivity index (χ2v) is 3.49. The highest BCUT2D eigenvalue weighted by atomic mass is 79.9. The Balaban J connectivity index is 2.15. The molecule has 0 saturated heterocycles. The number of nitrogens with zero attached hydrogens (tertiary/aromatic N) is 4. The van der Waals surface area contributed by atoms with E-state index in [4.69, 9.17) is 0 Å². The quantitative estimate of drug-likeness (QED) is 0.797. The number of halogens is 1. The lowest BCUT2D eigenvalue weighted by Crippen LogP contribution is -2.02. The summed E-state index contributed by atoms with van der Waals surface area (Å²) in [6.07, 6.45) is 5.30. The van der Waals surface area contributed by atoms with Crippen LogP contribution in [0.5, 0.6) is 0 Å². The van der Waals surface area contributed by atoms with Gasteiger partial charge < -0.3 is 0 Å². The molecule has 0 unspecified atom stereocenters. The van der Waals surface area contributed by atoms with Gasteiger partial charge in [-0.25, -0.2) is 0 Å². The van der Waals surface area contributed by atoms with Crippen molar-refractivity contribution in [1.82, 2.24) is 20.0 Å². The summed E-state index contributed by atoms with van der Waals surface area (Å²) in [4.78, 5) is 0. The van der Waals surface area contributed by atoms with Crippen LogP contribution in [-0.2, 0) is 6.54 Å². The third-order valence-corrected chi connectivity index (χ3v) is 1.96. The zero-order chi connectivity index (χ0) is 9.10. The molecule has 0 spiro atoms. The summed E-state index contributed by atoms with van der Waals surface area (Å²) in [5, 5.41) is 11.9. The molecular weight excluding hydrogens is 232 g/mol. The van der Waals surface area contributed by atoms with Gasteiger partial charge in [0, 0.05) is 12.4 Å². The van der Waals surface area contributed by atoms with Crippen LogP contribution < -0.4 is 0 Å². The van der Waals surface area contributed by atoms with Crippen LogP contribution in [0.4, 0.5) is 0 Å². The second-order valence-electron chi connectivity index (χ2n) is 2.57. The first-order valence-electron chi connectivity index (χ1n) is 3.79. The molecule has 2 rings (SSSR count). The fraction of sp³-hybridized carbons (Fsp3) is 0.125.